The highest BCUT2D eigenvalue weighted by molar-refractivity contribution is 6.04. The molecule has 0 radical (unpaired) electrons. The number of nitro groups is 1. The van der Waals surface area contributed by atoms with Crippen LogP contribution in [0, 0.1) is 21.4 Å². The maximum absolute atomic E-state index is 11.8. The Morgan fingerprint density at radius 3 is 2.81 bits per heavy atom. The van der Waals surface area contributed by atoms with Crippen molar-refractivity contribution in [2.75, 3.05) is 11.4 Å². The molecule has 1 heterocycles. The summed E-state index contributed by atoms with van der Waals surface area (Å²) < 4.78 is 0. The van der Waals surface area contributed by atoms with Crippen molar-refractivity contribution in [1.82, 2.24) is 5.32 Å². The SMILES string of the molecule is CCC1C(=O)NC(=O)CN1c1ccc(C#N)c([N+](=O)[O-])c1. The fraction of sp³-hybridized carbons (Fsp3) is 0.308. The van der Waals surface area contributed by atoms with Gasteiger partial charge in [-0.15, -0.1) is 0 Å². The van der Waals surface area contributed by atoms with Crippen molar-refractivity contribution < 1.29 is 14.5 Å². The lowest BCUT2D eigenvalue weighted by Gasteiger charge is -2.35. The minimum Gasteiger partial charge on any atom is -0.350 e. The molecule has 2 amide bonds. The molecule has 1 aromatic carbocycles. The van der Waals surface area contributed by atoms with E-state index in [4.69, 9.17) is 5.26 Å². The van der Waals surface area contributed by atoms with Crippen molar-refractivity contribution in [3.05, 3.63) is 33.9 Å². The monoisotopic (exact) mass is 288 g/mol. The summed E-state index contributed by atoms with van der Waals surface area (Å²) in [5, 5.41) is 22.1. The van der Waals surface area contributed by atoms with E-state index >= 15 is 0 Å². The summed E-state index contributed by atoms with van der Waals surface area (Å²) >= 11 is 0. The van der Waals surface area contributed by atoms with Crippen LogP contribution in [0.1, 0.15) is 18.9 Å². The molecule has 21 heavy (non-hydrogen) atoms. The van der Waals surface area contributed by atoms with Gasteiger partial charge in [0.25, 0.3) is 5.69 Å². The fourth-order valence-electron chi connectivity index (χ4n) is 2.29. The number of amides is 2. The van der Waals surface area contributed by atoms with Crippen molar-refractivity contribution in [2.24, 2.45) is 0 Å². The van der Waals surface area contributed by atoms with Crippen LogP contribution in [0.3, 0.4) is 0 Å². The first-order valence-corrected chi connectivity index (χ1v) is 6.26. The molecule has 0 aromatic heterocycles. The van der Waals surface area contributed by atoms with Crippen LogP contribution in [0.25, 0.3) is 0 Å². The number of hydrogen-bond acceptors (Lipinski definition) is 6. The second kappa shape index (κ2) is 5.58. The smallest absolute Gasteiger partial charge is 0.289 e. The molecule has 8 nitrogen and oxygen atoms in total. The van der Waals surface area contributed by atoms with Crippen molar-refractivity contribution in [3.8, 4) is 6.07 Å². The van der Waals surface area contributed by atoms with Gasteiger partial charge in [-0.2, -0.15) is 5.26 Å². The van der Waals surface area contributed by atoms with Gasteiger partial charge >= 0.3 is 0 Å². The molecular formula is C13H12N4O4. The van der Waals surface area contributed by atoms with Crippen molar-refractivity contribution in [3.63, 3.8) is 0 Å². The van der Waals surface area contributed by atoms with Gasteiger partial charge in [-0.1, -0.05) is 6.92 Å². The highest BCUT2D eigenvalue weighted by Gasteiger charge is 2.33. The number of anilines is 1. The van der Waals surface area contributed by atoms with E-state index in [1.54, 1.807) is 13.0 Å². The molecule has 1 aliphatic rings. The van der Waals surface area contributed by atoms with Gasteiger partial charge in [-0.05, 0) is 18.6 Å². The number of rotatable bonds is 3. The first-order valence-electron chi connectivity index (χ1n) is 6.26. The average Bonchev–Trinajstić information content (AvgIpc) is 2.45. The van der Waals surface area contributed by atoms with Crippen LogP contribution < -0.4 is 10.2 Å². The third-order valence-electron chi connectivity index (χ3n) is 3.27. The quantitative estimate of drug-likeness (QED) is 0.497. The molecule has 0 aliphatic carbocycles. The predicted molar refractivity (Wildman–Crippen MR) is 72.4 cm³/mol. The molecule has 1 aliphatic heterocycles. The minimum atomic E-state index is -0.658. The van der Waals surface area contributed by atoms with Gasteiger partial charge in [0, 0.05) is 11.8 Å². The van der Waals surface area contributed by atoms with E-state index < -0.39 is 22.8 Å². The molecule has 8 heteroatoms. The van der Waals surface area contributed by atoms with Gasteiger partial charge < -0.3 is 4.90 Å². The standard InChI is InChI=1S/C13H12N4O4/c1-2-10-13(19)15-12(18)7-16(10)9-4-3-8(6-14)11(5-9)17(20)21/h3-5,10H,2,7H2,1H3,(H,15,18,19). The van der Waals surface area contributed by atoms with Gasteiger partial charge in [-0.3, -0.25) is 25.0 Å². The van der Waals surface area contributed by atoms with Crippen LogP contribution >= 0.6 is 0 Å². The highest BCUT2D eigenvalue weighted by Crippen LogP contribution is 2.28. The average molecular weight is 288 g/mol. The topological polar surface area (TPSA) is 116 Å². The van der Waals surface area contributed by atoms with Crippen LogP contribution in [0.5, 0.6) is 0 Å². The summed E-state index contributed by atoms with van der Waals surface area (Å²) in [6.07, 6.45) is 0.451. The predicted octanol–water partition coefficient (Wildman–Crippen LogP) is 0.708. The summed E-state index contributed by atoms with van der Waals surface area (Å²) in [4.78, 5) is 35.1. The number of hydrogen-bond donors (Lipinski definition) is 1. The maximum atomic E-state index is 11.8. The number of carbonyl (C=O) groups excluding carboxylic acids is 2. The first kappa shape index (κ1) is 14.5. The largest absolute Gasteiger partial charge is 0.350 e. The van der Waals surface area contributed by atoms with E-state index in [-0.39, 0.29) is 17.8 Å². The Balaban J connectivity index is 2.47. The zero-order valence-electron chi connectivity index (χ0n) is 11.2. The van der Waals surface area contributed by atoms with Crippen molar-refractivity contribution >= 4 is 23.2 Å². The minimum absolute atomic E-state index is 0.0622. The number of carbonyl (C=O) groups is 2. The molecule has 0 bridgehead atoms. The number of nitrogens with zero attached hydrogens (tertiary/aromatic N) is 3. The molecule has 0 saturated carbocycles. The molecule has 1 N–H and O–H groups in total. The van der Waals surface area contributed by atoms with Gasteiger partial charge in [0.05, 0.1) is 11.5 Å². The van der Waals surface area contributed by atoms with Crippen LogP contribution in [-0.2, 0) is 9.59 Å². The Morgan fingerprint density at radius 2 is 2.24 bits per heavy atom. The lowest BCUT2D eigenvalue weighted by molar-refractivity contribution is -0.385. The van der Waals surface area contributed by atoms with Gasteiger partial charge in [0.2, 0.25) is 11.8 Å². The highest BCUT2D eigenvalue weighted by atomic mass is 16.6. The molecule has 1 fully saturated rings. The maximum Gasteiger partial charge on any atom is 0.289 e. The lowest BCUT2D eigenvalue weighted by atomic mass is 10.1. The molecule has 108 valence electrons. The number of imide groups is 1. The van der Waals surface area contributed by atoms with E-state index in [1.165, 1.54) is 23.1 Å². The Labute approximate surface area is 120 Å². The van der Waals surface area contributed by atoms with Crippen molar-refractivity contribution in [2.45, 2.75) is 19.4 Å². The molecule has 1 atom stereocenters. The molecular weight excluding hydrogens is 276 g/mol. The van der Waals surface area contributed by atoms with E-state index in [9.17, 15) is 19.7 Å². The third-order valence-corrected chi connectivity index (χ3v) is 3.27. The fourth-order valence-corrected chi connectivity index (χ4v) is 2.29. The third kappa shape index (κ3) is 2.67. The number of piperazine rings is 1. The van der Waals surface area contributed by atoms with E-state index in [2.05, 4.69) is 5.32 Å². The van der Waals surface area contributed by atoms with Gasteiger partial charge in [0.15, 0.2) is 0 Å². The van der Waals surface area contributed by atoms with E-state index in [0.717, 1.165) is 0 Å². The first-order chi connectivity index (χ1) is 9.97. The summed E-state index contributed by atoms with van der Waals surface area (Å²) in [7, 11) is 0. The van der Waals surface area contributed by atoms with Gasteiger partial charge in [0.1, 0.15) is 17.7 Å². The summed E-state index contributed by atoms with van der Waals surface area (Å²) in [6.45, 7) is 1.72. The van der Waals surface area contributed by atoms with Gasteiger partial charge in [-0.25, -0.2) is 0 Å². The zero-order chi connectivity index (χ0) is 15.6. The Hall–Kier alpha value is -2.95. The second-order valence-electron chi connectivity index (χ2n) is 4.53. The zero-order valence-corrected chi connectivity index (χ0v) is 11.2. The Morgan fingerprint density at radius 1 is 1.52 bits per heavy atom. The van der Waals surface area contributed by atoms with E-state index in [0.29, 0.717) is 12.1 Å². The number of nitrogens with one attached hydrogen (secondary N) is 1. The second-order valence-corrected chi connectivity index (χ2v) is 4.53. The molecule has 1 aromatic rings. The molecule has 2 rings (SSSR count). The van der Waals surface area contributed by atoms with Crippen LogP contribution in [0.2, 0.25) is 0 Å². The number of nitriles is 1. The normalized spacial score (nSPS) is 18.1. The Bertz CT molecular complexity index is 665. The van der Waals surface area contributed by atoms with Crippen LogP contribution in [0.4, 0.5) is 11.4 Å². The van der Waals surface area contributed by atoms with Crippen molar-refractivity contribution in [1.29, 1.82) is 5.26 Å². The van der Waals surface area contributed by atoms with E-state index in [1.807, 2.05) is 0 Å². The van der Waals surface area contributed by atoms with Crippen LogP contribution in [0.15, 0.2) is 18.2 Å². The molecule has 1 saturated heterocycles. The number of nitro benzene ring substituents is 1. The molecule has 0 spiro atoms. The molecule has 1 unspecified atom stereocenters. The summed E-state index contributed by atoms with van der Waals surface area (Å²) in [5.41, 5.74) is -0.0383. The summed E-state index contributed by atoms with van der Waals surface area (Å²) in [5.74, 6) is -0.891. The number of benzene rings is 1. The summed E-state index contributed by atoms with van der Waals surface area (Å²) in [6, 6.07) is 5.20. The lowest BCUT2D eigenvalue weighted by Crippen LogP contribution is -2.58. The Kier molecular flexibility index (Phi) is 3.84. The van der Waals surface area contributed by atoms with Crippen LogP contribution in [-0.4, -0.2) is 29.3 Å².